The summed E-state index contributed by atoms with van der Waals surface area (Å²) in [7, 11) is 0. The first-order valence-corrected chi connectivity index (χ1v) is 8.60. The molecule has 3 rings (SSSR count). The Labute approximate surface area is 141 Å². The Morgan fingerprint density at radius 2 is 2.00 bits per heavy atom. The molecule has 0 spiro atoms. The van der Waals surface area contributed by atoms with E-state index < -0.39 is 5.79 Å². The van der Waals surface area contributed by atoms with E-state index >= 15 is 0 Å². The third-order valence-corrected chi connectivity index (χ3v) is 5.00. The SMILES string of the molecule is CC1(CNC2CCN(Cc3c(F)cccc3Cl)CC2)OCCO1. The molecule has 0 unspecified atom stereocenters. The maximum atomic E-state index is 13.9. The number of benzene rings is 1. The van der Waals surface area contributed by atoms with Gasteiger partial charge >= 0.3 is 0 Å². The summed E-state index contributed by atoms with van der Waals surface area (Å²) in [5.74, 6) is -0.709. The minimum absolute atomic E-state index is 0.221. The fraction of sp³-hybridized carbons (Fsp3) is 0.647. The van der Waals surface area contributed by atoms with Gasteiger partial charge in [-0.3, -0.25) is 4.90 Å². The summed E-state index contributed by atoms with van der Waals surface area (Å²) in [6.07, 6.45) is 2.06. The van der Waals surface area contributed by atoms with Crippen molar-refractivity contribution in [2.45, 2.75) is 38.1 Å². The highest BCUT2D eigenvalue weighted by Crippen LogP contribution is 2.23. The van der Waals surface area contributed by atoms with Crippen molar-refractivity contribution in [3.63, 3.8) is 0 Å². The van der Waals surface area contributed by atoms with Gasteiger partial charge in [-0.05, 0) is 45.0 Å². The van der Waals surface area contributed by atoms with Gasteiger partial charge in [0.2, 0.25) is 0 Å². The van der Waals surface area contributed by atoms with E-state index in [2.05, 4.69) is 10.2 Å². The fourth-order valence-corrected chi connectivity index (χ4v) is 3.41. The lowest BCUT2D eigenvalue weighted by Gasteiger charge is -2.34. The maximum absolute atomic E-state index is 13.9. The van der Waals surface area contributed by atoms with Gasteiger partial charge in [0.15, 0.2) is 5.79 Å². The van der Waals surface area contributed by atoms with Crippen LogP contribution in [0, 0.1) is 5.82 Å². The molecule has 2 heterocycles. The van der Waals surface area contributed by atoms with E-state index in [1.165, 1.54) is 6.07 Å². The molecule has 0 saturated carbocycles. The molecule has 6 heteroatoms. The highest BCUT2D eigenvalue weighted by atomic mass is 35.5. The zero-order valence-corrected chi connectivity index (χ0v) is 14.2. The molecule has 0 aromatic heterocycles. The number of hydrogen-bond donors (Lipinski definition) is 1. The molecule has 2 aliphatic rings. The second-order valence-electron chi connectivity index (χ2n) is 6.46. The van der Waals surface area contributed by atoms with Crippen LogP contribution in [0.5, 0.6) is 0 Å². The average molecular weight is 343 g/mol. The van der Waals surface area contributed by atoms with E-state index in [-0.39, 0.29) is 5.82 Å². The highest BCUT2D eigenvalue weighted by Gasteiger charge is 2.32. The third-order valence-electron chi connectivity index (χ3n) is 4.64. The summed E-state index contributed by atoms with van der Waals surface area (Å²) in [6, 6.07) is 5.31. The number of ether oxygens (including phenoxy) is 2. The van der Waals surface area contributed by atoms with Crippen LogP contribution in [-0.4, -0.2) is 49.6 Å². The molecule has 0 bridgehead atoms. The molecule has 23 heavy (non-hydrogen) atoms. The van der Waals surface area contributed by atoms with E-state index in [1.807, 2.05) is 6.92 Å². The summed E-state index contributed by atoms with van der Waals surface area (Å²) in [4.78, 5) is 2.26. The predicted octanol–water partition coefficient (Wildman–Crippen LogP) is 2.80. The molecule has 128 valence electrons. The summed E-state index contributed by atoms with van der Waals surface area (Å²) >= 11 is 6.11. The number of hydrogen-bond acceptors (Lipinski definition) is 4. The number of nitrogens with one attached hydrogen (secondary N) is 1. The van der Waals surface area contributed by atoms with Crippen LogP contribution in [0.25, 0.3) is 0 Å². The Kier molecular flexibility index (Phi) is 5.54. The zero-order valence-electron chi connectivity index (χ0n) is 13.5. The van der Waals surface area contributed by atoms with Gasteiger partial charge in [-0.1, -0.05) is 17.7 Å². The van der Waals surface area contributed by atoms with Crippen LogP contribution in [0.1, 0.15) is 25.3 Å². The van der Waals surface area contributed by atoms with Crippen molar-refractivity contribution in [1.29, 1.82) is 0 Å². The quantitative estimate of drug-likeness (QED) is 0.892. The minimum atomic E-state index is -0.488. The van der Waals surface area contributed by atoms with Gasteiger partial charge in [0, 0.05) is 29.7 Å². The van der Waals surface area contributed by atoms with Gasteiger partial charge in [-0.25, -0.2) is 4.39 Å². The summed E-state index contributed by atoms with van der Waals surface area (Å²) in [5, 5.41) is 4.04. The Balaban J connectivity index is 1.45. The maximum Gasteiger partial charge on any atom is 0.178 e. The molecule has 1 aromatic carbocycles. The lowest BCUT2D eigenvalue weighted by molar-refractivity contribution is -0.139. The van der Waals surface area contributed by atoms with Crippen LogP contribution < -0.4 is 5.32 Å². The van der Waals surface area contributed by atoms with Crippen molar-refractivity contribution in [2.24, 2.45) is 0 Å². The van der Waals surface area contributed by atoms with Crippen LogP contribution in [0.4, 0.5) is 4.39 Å². The lowest BCUT2D eigenvalue weighted by Crippen LogP contribution is -2.47. The van der Waals surface area contributed by atoms with Crippen LogP contribution in [0.2, 0.25) is 5.02 Å². The first-order chi connectivity index (χ1) is 11.1. The standard InChI is InChI=1S/C17H24ClFN2O2/c1-17(22-9-10-23-17)12-20-13-5-7-21(8-6-13)11-14-15(18)3-2-4-16(14)19/h2-4,13,20H,5-12H2,1H3. The van der Waals surface area contributed by atoms with E-state index in [9.17, 15) is 4.39 Å². The molecule has 2 saturated heterocycles. The van der Waals surface area contributed by atoms with Crippen molar-refractivity contribution < 1.29 is 13.9 Å². The Bertz CT molecular complexity index is 509. The molecule has 0 amide bonds. The van der Waals surface area contributed by atoms with Gasteiger partial charge in [0.1, 0.15) is 5.82 Å². The molecular weight excluding hydrogens is 319 g/mol. The number of piperidine rings is 1. The first-order valence-electron chi connectivity index (χ1n) is 8.22. The topological polar surface area (TPSA) is 33.7 Å². The Morgan fingerprint density at radius 3 is 2.65 bits per heavy atom. The molecular formula is C17H24ClFN2O2. The van der Waals surface area contributed by atoms with Gasteiger partial charge in [0.25, 0.3) is 0 Å². The Hall–Kier alpha value is -0.720. The zero-order chi connectivity index (χ0) is 16.3. The average Bonchev–Trinajstić information content (AvgIpc) is 2.97. The summed E-state index contributed by atoms with van der Waals surface area (Å²) in [6.45, 7) is 6.45. The fourth-order valence-electron chi connectivity index (χ4n) is 3.19. The van der Waals surface area contributed by atoms with Crippen molar-refractivity contribution in [2.75, 3.05) is 32.8 Å². The monoisotopic (exact) mass is 342 g/mol. The minimum Gasteiger partial charge on any atom is -0.347 e. The molecule has 2 aliphatic heterocycles. The molecule has 1 aromatic rings. The second-order valence-corrected chi connectivity index (χ2v) is 6.87. The van der Waals surface area contributed by atoms with Gasteiger partial charge in [-0.2, -0.15) is 0 Å². The molecule has 0 atom stereocenters. The molecule has 0 aliphatic carbocycles. The smallest absolute Gasteiger partial charge is 0.178 e. The van der Waals surface area contributed by atoms with Crippen molar-refractivity contribution in [1.82, 2.24) is 10.2 Å². The largest absolute Gasteiger partial charge is 0.347 e. The highest BCUT2D eigenvalue weighted by molar-refractivity contribution is 6.31. The number of rotatable bonds is 5. The molecule has 1 N–H and O–H groups in total. The normalized spacial score (nSPS) is 22.6. The lowest BCUT2D eigenvalue weighted by atomic mass is 10.0. The molecule has 0 radical (unpaired) electrons. The first kappa shape index (κ1) is 17.1. The van der Waals surface area contributed by atoms with Crippen LogP contribution in [0.3, 0.4) is 0 Å². The van der Waals surface area contributed by atoms with Crippen molar-refractivity contribution in [3.8, 4) is 0 Å². The number of nitrogens with zero attached hydrogens (tertiary/aromatic N) is 1. The summed E-state index contributed by atoms with van der Waals surface area (Å²) < 4.78 is 25.1. The number of halogens is 2. The van der Waals surface area contributed by atoms with E-state index in [0.29, 0.717) is 42.9 Å². The number of likely N-dealkylation sites (tertiary alicyclic amines) is 1. The van der Waals surface area contributed by atoms with E-state index in [1.54, 1.807) is 12.1 Å². The summed E-state index contributed by atoms with van der Waals surface area (Å²) in [5.41, 5.74) is 0.598. The van der Waals surface area contributed by atoms with Crippen LogP contribution in [-0.2, 0) is 16.0 Å². The predicted molar refractivity (Wildman–Crippen MR) is 88.0 cm³/mol. The molecule has 4 nitrogen and oxygen atoms in total. The van der Waals surface area contributed by atoms with Crippen molar-refractivity contribution in [3.05, 3.63) is 34.6 Å². The van der Waals surface area contributed by atoms with E-state index in [0.717, 1.165) is 25.9 Å². The van der Waals surface area contributed by atoms with Crippen molar-refractivity contribution >= 4 is 11.6 Å². The van der Waals surface area contributed by atoms with Crippen LogP contribution >= 0.6 is 11.6 Å². The Morgan fingerprint density at radius 1 is 1.30 bits per heavy atom. The van der Waals surface area contributed by atoms with Gasteiger partial charge in [0.05, 0.1) is 13.2 Å². The van der Waals surface area contributed by atoms with Gasteiger partial charge in [-0.15, -0.1) is 0 Å². The van der Waals surface area contributed by atoms with E-state index in [4.69, 9.17) is 21.1 Å². The van der Waals surface area contributed by atoms with Crippen LogP contribution in [0.15, 0.2) is 18.2 Å². The molecule has 2 fully saturated rings. The second kappa shape index (κ2) is 7.45. The third kappa shape index (κ3) is 4.43. The van der Waals surface area contributed by atoms with Gasteiger partial charge < -0.3 is 14.8 Å².